The minimum absolute atomic E-state index is 0.422. The van der Waals surface area contributed by atoms with E-state index < -0.39 is 0 Å². The monoisotopic (exact) mass is 439 g/mol. The number of anilines is 3. The van der Waals surface area contributed by atoms with Gasteiger partial charge in [-0.1, -0.05) is 29.8 Å². The SMILES string of the molecule is COc1cc(-c2nc(Nc3ccc(CN4CCOCC4)cc3)nc(N)c2C)ccc1Cl. The Hall–Kier alpha value is -2.87. The summed E-state index contributed by atoms with van der Waals surface area (Å²) in [5.41, 5.74) is 10.7. The third-order valence-corrected chi connectivity index (χ3v) is 5.64. The van der Waals surface area contributed by atoms with Gasteiger partial charge in [0.15, 0.2) is 0 Å². The molecule has 162 valence electrons. The van der Waals surface area contributed by atoms with Gasteiger partial charge < -0.3 is 20.5 Å². The summed E-state index contributed by atoms with van der Waals surface area (Å²) in [7, 11) is 1.59. The predicted octanol–water partition coefficient (Wildman–Crippen LogP) is 4.27. The van der Waals surface area contributed by atoms with Crippen LogP contribution in [0.5, 0.6) is 5.75 Å². The largest absolute Gasteiger partial charge is 0.495 e. The molecule has 1 aliphatic rings. The number of halogens is 1. The molecule has 1 aliphatic heterocycles. The van der Waals surface area contributed by atoms with Gasteiger partial charge in [-0.3, -0.25) is 4.90 Å². The summed E-state index contributed by atoms with van der Waals surface area (Å²) >= 11 is 6.16. The quantitative estimate of drug-likeness (QED) is 0.593. The number of hydrogen-bond acceptors (Lipinski definition) is 7. The molecule has 2 aromatic carbocycles. The number of nitrogens with zero attached hydrogens (tertiary/aromatic N) is 3. The minimum atomic E-state index is 0.422. The van der Waals surface area contributed by atoms with E-state index in [0.29, 0.717) is 22.5 Å². The van der Waals surface area contributed by atoms with Gasteiger partial charge in [0.05, 0.1) is 31.0 Å². The molecule has 0 bridgehead atoms. The molecule has 0 aliphatic carbocycles. The number of hydrogen-bond donors (Lipinski definition) is 2. The molecule has 0 amide bonds. The van der Waals surface area contributed by atoms with Crippen molar-refractivity contribution in [3.05, 3.63) is 58.6 Å². The van der Waals surface area contributed by atoms with Crippen LogP contribution >= 0.6 is 11.6 Å². The van der Waals surface area contributed by atoms with Crippen LogP contribution in [-0.2, 0) is 11.3 Å². The lowest BCUT2D eigenvalue weighted by molar-refractivity contribution is 0.0342. The summed E-state index contributed by atoms with van der Waals surface area (Å²) in [5.74, 6) is 1.44. The molecular weight excluding hydrogens is 414 g/mol. The molecule has 31 heavy (non-hydrogen) atoms. The van der Waals surface area contributed by atoms with Crippen molar-refractivity contribution in [3.63, 3.8) is 0 Å². The van der Waals surface area contributed by atoms with E-state index in [1.54, 1.807) is 13.2 Å². The van der Waals surface area contributed by atoms with Crippen molar-refractivity contribution in [2.24, 2.45) is 0 Å². The number of nitrogen functional groups attached to an aromatic ring is 1. The molecule has 4 rings (SSSR count). The Morgan fingerprint density at radius 1 is 1.13 bits per heavy atom. The van der Waals surface area contributed by atoms with E-state index in [1.807, 2.05) is 31.2 Å². The van der Waals surface area contributed by atoms with Gasteiger partial charge in [0.2, 0.25) is 5.95 Å². The van der Waals surface area contributed by atoms with Gasteiger partial charge in [0.1, 0.15) is 11.6 Å². The lowest BCUT2D eigenvalue weighted by Crippen LogP contribution is -2.35. The Kier molecular flexibility index (Phi) is 6.56. The average Bonchev–Trinajstić information content (AvgIpc) is 2.78. The highest BCUT2D eigenvalue weighted by atomic mass is 35.5. The van der Waals surface area contributed by atoms with E-state index in [2.05, 4.69) is 27.3 Å². The van der Waals surface area contributed by atoms with Crippen molar-refractivity contribution in [1.82, 2.24) is 14.9 Å². The van der Waals surface area contributed by atoms with Gasteiger partial charge in [0.25, 0.3) is 0 Å². The Morgan fingerprint density at radius 2 is 1.87 bits per heavy atom. The van der Waals surface area contributed by atoms with Crippen LogP contribution in [0, 0.1) is 6.92 Å². The standard InChI is InChI=1S/C23H26ClN5O2/c1-15-21(17-5-8-19(24)20(13-17)30-2)27-23(28-22(15)25)26-18-6-3-16(4-7-18)14-29-9-11-31-12-10-29/h3-8,13H,9-12,14H2,1-2H3,(H3,25,26,27,28). The Balaban J connectivity index is 1.53. The summed E-state index contributed by atoms with van der Waals surface area (Å²) in [6.07, 6.45) is 0. The lowest BCUT2D eigenvalue weighted by Gasteiger charge is -2.26. The summed E-state index contributed by atoms with van der Waals surface area (Å²) in [6.45, 7) is 6.35. The first-order valence-corrected chi connectivity index (χ1v) is 10.6. The van der Waals surface area contributed by atoms with Crippen LogP contribution in [0.2, 0.25) is 5.02 Å². The normalized spacial score (nSPS) is 14.4. The second kappa shape index (κ2) is 9.51. The Morgan fingerprint density at radius 3 is 2.58 bits per heavy atom. The second-order valence-electron chi connectivity index (χ2n) is 7.47. The number of rotatable bonds is 6. The Labute approximate surface area is 187 Å². The maximum absolute atomic E-state index is 6.18. The molecule has 3 N–H and O–H groups in total. The maximum atomic E-state index is 6.18. The van der Waals surface area contributed by atoms with Crippen LogP contribution < -0.4 is 15.8 Å². The molecule has 1 fully saturated rings. The van der Waals surface area contributed by atoms with Crippen LogP contribution in [-0.4, -0.2) is 48.3 Å². The first-order chi connectivity index (χ1) is 15.0. The molecular formula is C23H26ClN5O2. The lowest BCUT2D eigenvalue weighted by atomic mass is 10.1. The van der Waals surface area contributed by atoms with E-state index >= 15 is 0 Å². The molecule has 8 heteroatoms. The van der Waals surface area contributed by atoms with Gasteiger partial charge in [-0.15, -0.1) is 0 Å². The van der Waals surface area contributed by atoms with Gasteiger partial charge in [-0.05, 0) is 36.8 Å². The maximum Gasteiger partial charge on any atom is 0.229 e. The Bertz CT molecular complexity index is 1050. The molecule has 1 saturated heterocycles. The highest BCUT2D eigenvalue weighted by Gasteiger charge is 2.14. The zero-order chi connectivity index (χ0) is 21.8. The molecule has 0 radical (unpaired) electrons. The van der Waals surface area contributed by atoms with Crippen molar-refractivity contribution in [1.29, 1.82) is 0 Å². The first kappa shape index (κ1) is 21.4. The smallest absolute Gasteiger partial charge is 0.229 e. The van der Waals surface area contributed by atoms with Crippen LogP contribution in [0.1, 0.15) is 11.1 Å². The number of benzene rings is 2. The minimum Gasteiger partial charge on any atom is -0.495 e. The molecule has 3 aromatic rings. The van der Waals surface area contributed by atoms with Crippen molar-refractivity contribution in [2.45, 2.75) is 13.5 Å². The van der Waals surface area contributed by atoms with E-state index in [4.69, 9.17) is 31.8 Å². The van der Waals surface area contributed by atoms with Crippen molar-refractivity contribution in [2.75, 3.05) is 44.5 Å². The summed E-state index contributed by atoms with van der Waals surface area (Å²) in [5, 5.41) is 3.80. The van der Waals surface area contributed by atoms with Crippen molar-refractivity contribution in [3.8, 4) is 17.0 Å². The van der Waals surface area contributed by atoms with Gasteiger partial charge in [-0.2, -0.15) is 4.98 Å². The fourth-order valence-electron chi connectivity index (χ4n) is 3.52. The third kappa shape index (κ3) is 5.07. The fraction of sp³-hybridized carbons (Fsp3) is 0.304. The zero-order valence-corrected chi connectivity index (χ0v) is 18.4. The number of nitrogens with one attached hydrogen (secondary N) is 1. The predicted molar refractivity (Wildman–Crippen MR) is 124 cm³/mol. The van der Waals surface area contributed by atoms with Crippen LogP contribution in [0.3, 0.4) is 0 Å². The van der Waals surface area contributed by atoms with Crippen LogP contribution in [0.15, 0.2) is 42.5 Å². The van der Waals surface area contributed by atoms with Gasteiger partial charge >= 0.3 is 0 Å². The third-order valence-electron chi connectivity index (χ3n) is 5.33. The second-order valence-corrected chi connectivity index (χ2v) is 7.87. The van der Waals surface area contributed by atoms with E-state index in [0.717, 1.165) is 55.4 Å². The average molecular weight is 440 g/mol. The number of ether oxygens (including phenoxy) is 2. The molecule has 0 spiro atoms. The molecule has 1 aromatic heterocycles. The zero-order valence-electron chi connectivity index (χ0n) is 17.7. The number of nitrogens with two attached hydrogens (primary N) is 1. The van der Waals surface area contributed by atoms with Gasteiger partial charge in [0, 0.05) is 36.4 Å². The summed E-state index contributed by atoms with van der Waals surface area (Å²) in [6, 6.07) is 13.8. The summed E-state index contributed by atoms with van der Waals surface area (Å²) < 4.78 is 10.7. The molecule has 0 unspecified atom stereocenters. The number of morpholine rings is 1. The topological polar surface area (TPSA) is 85.5 Å². The molecule has 0 saturated carbocycles. The van der Waals surface area contributed by atoms with E-state index in [9.17, 15) is 0 Å². The van der Waals surface area contributed by atoms with Crippen LogP contribution in [0.25, 0.3) is 11.3 Å². The molecule has 7 nitrogen and oxygen atoms in total. The molecule has 0 atom stereocenters. The van der Waals surface area contributed by atoms with Crippen molar-refractivity contribution < 1.29 is 9.47 Å². The highest BCUT2D eigenvalue weighted by molar-refractivity contribution is 6.32. The van der Waals surface area contributed by atoms with E-state index in [-0.39, 0.29) is 0 Å². The first-order valence-electron chi connectivity index (χ1n) is 10.2. The number of aromatic nitrogens is 2. The van der Waals surface area contributed by atoms with Gasteiger partial charge in [-0.25, -0.2) is 4.98 Å². The van der Waals surface area contributed by atoms with E-state index in [1.165, 1.54) is 5.56 Å². The van der Waals surface area contributed by atoms with Crippen molar-refractivity contribution >= 4 is 29.1 Å². The number of methoxy groups -OCH3 is 1. The fourth-order valence-corrected chi connectivity index (χ4v) is 3.71. The summed E-state index contributed by atoms with van der Waals surface area (Å²) in [4.78, 5) is 11.5. The highest BCUT2D eigenvalue weighted by Crippen LogP contribution is 2.33. The van der Waals surface area contributed by atoms with Crippen LogP contribution in [0.4, 0.5) is 17.5 Å². The molecule has 2 heterocycles.